The van der Waals surface area contributed by atoms with E-state index in [-0.39, 0.29) is 11.9 Å². The SMILES string of the molecule is C=CC(=O)N1CCC(Nc2ccc3c(OC)ccnc3c2)C1. The molecule has 1 saturated heterocycles. The number of amides is 1. The summed E-state index contributed by atoms with van der Waals surface area (Å²) >= 11 is 0. The van der Waals surface area contributed by atoms with E-state index in [0.717, 1.165) is 35.3 Å². The third-order valence-electron chi connectivity index (χ3n) is 3.97. The summed E-state index contributed by atoms with van der Waals surface area (Å²) in [5.74, 6) is 0.814. The third kappa shape index (κ3) is 2.74. The lowest BCUT2D eigenvalue weighted by Crippen LogP contribution is -2.30. The number of carbonyl (C=O) groups excluding carboxylic acids is 1. The van der Waals surface area contributed by atoms with Gasteiger partial charge in [-0.15, -0.1) is 0 Å². The number of ether oxygens (including phenoxy) is 1. The summed E-state index contributed by atoms with van der Waals surface area (Å²) in [5.41, 5.74) is 1.90. The molecular formula is C17H19N3O2. The van der Waals surface area contributed by atoms with E-state index in [1.54, 1.807) is 13.3 Å². The van der Waals surface area contributed by atoms with Gasteiger partial charge in [-0.1, -0.05) is 6.58 Å². The summed E-state index contributed by atoms with van der Waals surface area (Å²) in [6.07, 6.45) is 4.04. The van der Waals surface area contributed by atoms with Crippen LogP contribution in [0, 0.1) is 0 Å². The maximum atomic E-state index is 11.6. The minimum absolute atomic E-state index is 0.00536. The van der Waals surface area contributed by atoms with Crippen LogP contribution in [0.4, 0.5) is 5.69 Å². The summed E-state index contributed by atoms with van der Waals surface area (Å²) in [5, 5.41) is 4.46. The second kappa shape index (κ2) is 6.05. The molecule has 0 radical (unpaired) electrons. The Labute approximate surface area is 129 Å². The number of benzene rings is 1. The Morgan fingerprint density at radius 3 is 3.14 bits per heavy atom. The molecule has 0 spiro atoms. The minimum Gasteiger partial charge on any atom is -0.496 e. The van der Waals surface area contributed by atoms with Crippen molar-refractivity contribution in [3.8, 4) is 5.75 Å². The average Bonchev–Trinajstić information content (AvgIpc) is 3.01. The van der Waals surface area contributed by atoms with Crippen LogP contribution in [0.25, 0.3) is 10.9 Å². The van der Waals surface area contributed by atoms with Crippen LogP contribution in [0.5, 0.6) is 5.75 Å². The molecule has 1 aliphatic rings. The fraction of sp³-hybridized carbons (Fsp3) is 0.294. The molecule has 114 valence electrons. The van der Waals surface area contributed by atoms with Crippen LogP contribution in [0.15, 0.2) is 43.1 Å². The van der Waals surface area contributed by atoms with Crippen LogP contribution < -0.4 is 10.1 Å². The van der Waals surface area contributed by atoms with Gasteiger partial charge in [-0.2, -0.15) is 0 Å². The number of nitrogens with one attached hydrogen (secondary N) is 1. The molecule has 5 heteroatoms. The van der Waals surface area contributed by atoms with Crippen molar-refractivity contribution < 1.29 is 9.53 Å². The summed E-state index contributed by atoms with van der Waals surface area (Å²) in [6.45, 7) is 5.00. The van der Waals surface area contributed by atoms with Crippen molar-refractivity contribution in [2.75, 3.05) is 25.5 Å². The number of carbonyl (C=O) groups is 1. The Kier molecular flexibility index (Phi) is 3.96. The summed E-state index contributed by atoms with van der Waals surface area (Å²) < 4.78 is 5.34. The Morgan fingerprint density at radius 2 is 2.36 bits per heavy atom. The number of fused-ring (bicyclic) bond motifs is 1. The fourth-order valence-corrected chi connectivity index (χ4v) is 2.83. The number of rotatable bonds is 4. The number of pyridine rings is 1. The van der Waals surface area contributed by atoms with E-state index in [2.05, 4.69) is 16.9 Å². The van der Waals surface area contributed by atoms with E-state index < -0.39 is 0 Å². The molecule has 1 fully saturated rings. The predicted octanol–water partition coefficient (Wildman–Crippen LogP) is 2.44. The number of likely N-dealkylation sites (tertiary alicyclic amines) is 1. The molecule has 0 bridgehead atoms. The van der Waals surface area contributed by atoms with Crippen LogP contribution in [0.3, 0.4) is 0 Å². The molecule has 1 N–H and O–H groups in total. The van der Waals surface area contributed by atoms with Gasteiger partial charge in [0.1, 0.15) is 5.75 Å². The first kappa shape index (κ1) is 14.4. The molecule has 1 unspecified atom stereocenters. The lowest BCUT2D eigenvalue weighted by atomic mass is 10.1. The van der Waals surface area contributed by atoms with Crippen molar-refractivity contribution >= 4 is 22.5 Å². The van der Waals surface area contributed by atoms with E-state index in [9.17, 15) is 4.79 Å². The molecule has 0 aliphatic carbocycles. The zero-order valence-electron chi connectivity index (χ0n) is 12.6. The Bertz CT molecular complexity index is 714. The van der Waals surface area contributed by atoms with Gasteiger partial charge in [0.2, 0.25) is 5.91 Å². The van der Waals surface area contributed by atoms with Crippen LogP contribution in [0.2, 0.25) is 0 Å². The highest BCUT2D eigenvalue weighted by molar-refractivity contribution is 5.88. The maximum absolute atomic E-state index is 11.6. The molecule has 2 heterocycles. The monoisotopic (exact) mass is 297 g/mol. The van der Waals surface area contributed by atoms with Crippen molar-refractivity contribution in [1.29, 1.82) is 0 Å². The van der Waals surface area contributed by atoms with Gasteiger partial charge in [0.15, 0.2) is 0 Å². The normalized spacial score (nSPS) is 17.5. The van der Waals surface area contributed by atoms with Crippen LogP contribution >= 0.6 is 0 Å². The van der Waals surface area contributed by atoms with Gasteiger partial charge in [0.25, 0.3) is 0 Å². The maximum Gasteiger partial charge on any atom is 0.246 e. The molecule has 1 amide bonds. The molecule has 1 aliphatic heterocycles. The predicted molar refractivity (Wildman–Crippen MR) is 87.1 cm³/mol. The summed E-state index contributed by atoms with van der Waals surface area (Å²) in [7, 11) is 1.66. The first-order chi connectivity index (χ1) is 10.7. The molecule has 3 rings (SSSR count). The van der Waals surface area contributed by atoms with Crippen LogP contribution in [-0.2, 0) is 4.79 Å². The van der Waals surface area contributed by atoms with Crippen LogP contribution in [0.1, 0.15) is 6.42 Å². The molecule has 0 saturated carbocycles. The highest BCUT2D eigenvalue weighted by atomic mass is 16.5. The van der Waals surface area contributed by atoms with E-state index in [4.69, 9.17) is 4.74 Å². The molecule has 5 nitrogen and oxygen atoms in total. The van der Waals surface area contributed by atoms with Gasteiger partial charge in [-0.3, -0.25) is 9.78 Å². The zero-order valence-corrected chi connectivity index (χ0v) is 12.6. The second-order valence-electron chi connectivity index (χ2n) is 5.36. The van der Waals surface area contributed by atoms with Gasteiger partial charge in [0, 0.05) is 36.4 Å². The highest BCUT2D eigenvalue weighted by Gasteiger charge is 2.24. The summed E-state index contributed by atoms with van der Waals surface area (Å²) in [4.78, 5) is 17.8. The number of methoxy groups -OCH3 is 1. The molecular weight excluding hydrogens is 278 g/mol. The largest absolute Gasteiger partial charge is 0.496 e. The Hall–Kier alpha value is -2.56. The topological polar surface area (TPSA) is 54.5 Å². The van der Waals surface area contributed by atoms with E-state index >= 15 is 0 Å². The quantitative estimate of drug-likeness (QED) is 0.881. The first-order valence-corrected chi connectivity index (χ1v) is 7.32. The minimum atomic E-state index is -0.00536. The molecule has 22 heavy (non-hydrogen) atoms. The van der Waals surface area contributed by atoms with Gasteiger partial charge < -0.3 is 15.0 Å². The van der Waals surface area contributed by atoms with Gasteiger partial charge >= 0.3 is 0 Å². The van der Waals surface area contributed by atoms with Gasteiger partial charge in [-0.25, -0.2) is 0 Å². The zero-order chi connectivity index (χ0) is 15.5. The van der Waals surface area contributed by atoms with E-state index in [1.807, 2.05) is 29.2 Å². The Balaban J connectivity index is 1.75. The van der Waals surface area contributed by atoms with Crippen molar-refractivity contribution in [3.05, 3.63) is 43.1 Å². The number of aromatic nitrogens is 1. The number of nitrogens with zero attached hydrogens (tertiary/aromatic N) is 2. The van der Waals surface area contributed by atoms with Crippen molar-refractivity contribution in [3.63, 3.8) is 0 Å². The lowest BCUT2D eigenvalue weighted by Gasteiger charge is -2.16. The van der Waals surface area contributed by atoms with Crippen LogP contribution in [-0.4, -0.2) is 42.0 Å². The average molecular weight is 297 g/mol. The Morgan fingerprint density at radius 1 is 1.50 bits per heavy atom. The molecule has 2 aromatic rings. The standard InChI is InChI=1S/C17H19N3O2/c1-3-17(21)20-9-7-13(11-20)19-12-4-5-14-15(10-12)18-8-6-16(14)22-2/h3-6,8,10,13,19H,1,7,9,11H2,2H3. The van der Waals surface area contributed by atoms with Gasteiger partial charge in [0.05, 0.1) is 12.6 Å². The second-order valence-corrected chi connectivity index (χ2v) is 5.36. The molecule has 1 aromatic heterocycles. The highest BCUT2D eigenvalue weighted by Crippen LogP contribution is 2.26. The van der Waals surface area contributed by atoms with Crippen molar-refractivity contribution in [2.24, 2.45) is 0 Å². The number of anilines is 1. The van der Waals surface area contributed by atoms with E-state index in [1.165, 1.54) is 6.08 Å². The smallest absolute Gasteiger partial charge is 0.246 e. The third-order valence-corrected chi connectivity index (χ3v) is 3.97. The van der Waals surface area contributed by atoms with Crippen molar-refractivity contribution in [2.45, 2.75) is 12.5 Å². The van der Waals surface area contributed by atoms with Gasteiger partial charge in [-0.05, 0) is 36.8 Å². The van der Waals surface area contributed by atoms with E-state index in [0.29, 0.717) is 6.54 Å². The lowest BCUT2D eigenvalue weighted by molar-refractivity contribution is -0.125. The summed E-state index contributed by atoms with van der Waals surface area (Å²) in [6, 6.07) is 8.14. The number of hydrogen-bond acceptors (Lipinski definition) is 4. The molecule has 1 atom stereocenters. The fourth-order valence-electron chi connectivity index (χ4n) is 2.83. The van der Waals surface area contributed by atoms with Crippen molar-refractivity contribution in [1.82, 2.24) is 9.88 Å². The number of hydrogen-bond donors (Lipinski definition) is 1. The molecule has 1 aromatic carbocycles. The first-order valence-electron chi connectivity index (χ1n) is 7.32.